The minimum Gasteiger partial charge on any atom is -0.478 e. The Hall–Kier alpha value is -2.70. The Kier molecular flexibility index (Phi) is 4.65. The Morgan fingerprint density at radius 2 is 1.86 bits per heavy atom. The molecule has 0 radical (unpaired) electrons. The van der Waals surface area contributed by atoms with Crippen molar-refractivity contribution in [1.29, 1.82) is 0 Å². The minimum absolute atomic E-state index is 0. The van der Waals surface area contributed by atoms with E-state index in [9.17, 15) is 0 Å². The van der Waals surface area contributed by atoms with Crippen LogP contribution in [0.2, 0.25) is 0 Å². The molecule has 0 amide bonds. The van der Waals surface area contributed by atoms with Crippen molar-refractivity contribution in [2.24, 2.45) is 0 Å². The number of nitrogens with one attached hydrogen (secondary N) is 1. The van der Waals surface area contributed by atoms with E-state index in [1.807, 2.05) is 45.0 Å². The van der Waals surface area contributed by atoms with E-state index in [2.05, 4.69) is 30.2 Å². The van der Waals surface area contributed by atoms with Crippen molar-refractivity contribution in [2.45, 2.75) is 20.8 Å². The number of nitrogens with zero attached hydrogens (tertiary/aromatic N) is 4. The average Bonchev–Trinajstić information content (AvgIpc) is 2.95. The van der Waals surface area contributed by atoms with E-state index in [1.54, 1.807) is 0 Å². The predicted octanol–water partition coefficient (Wildman–Crippen LogP) is 3.35. The van der Waals surface area contributed by atoms with E-state index in [4.69, 9.17) is 4.74 Å². The summed E-state index contributed by atoms with van der Waals surface area (Å²) in [6.07, 6.45) is 0. The monoisotopic (exact) mass is 289 g/mol. The topological polar surface area (TPSA) is 86.0 Å². The van der Waals surface area contributed by atoms with Crippen molar-refractivity contribution in [3.8, 4) is 5.88 Å². The van der Waals surface area contributed by atoms with Crippen LogP contribution in [0.5, 0.6) is 5.88 Å². The number of aryl methyl sites for hydroxylation is 1. The van der Waals surface area contributed by atoms with Gasteiger partial charge in [-0.3, -0.25) is 0 Å². The normalized spacial score (nSPS) is 9.90. The maximum absolute atomic E-state index is 5.18. The van der Waals surface area contributed by atoms with Crippen LogP contribution in [0.1, 0.15) is 20.8 Å². The number of ether oxygens (including phenoxy) is 1. The lowest BCUT2D eigenvalue weighted by Crippen LogP contribution is -2.00. The molecular formula is C14H19N5O2. The Balaban J connectivity index is 0.000000775. The van der Waals surface area contributed by atoms with Crippen LogP contribution in [0.3, 0.4) is 0 Å². The number of benzene rings is 1. The molecule has 112 valence electrons. The van der Waals surface area contributed by atoms with Crippen LogP contribution in [0, 0.1) is 6.92 Å². The highest BCUT2D eigenvalue weighted by atomic mass is 16.6. The highest BCUT2D eigenvalue weighted by Crippen LogP contribution is 2.25. The van der Waals surface area contributed by atoms with Crippen LogP contribution in [0.15, 0.2) is 28.9 Å². The van der Waals surface area contributed by atoms with Gasteiger partial charge in [-0.1, -0.05) is 26.0 Å². The first-order valence-electron chi connectivity index (χ1n) is 6.64. The van der Waals surface area contributed by atoms with Gasteiger partial charge >= 0.3 is 0 Å². The van der Waals surface area contributed by atoms with Gasteiger partial charge in [0.25, 0.3) is 5.88 Å². The molecule has 0 fully saturated rings. The van der Waals surface area contributed by atoms with E-state index >= 15 is 0 Å². The Bertz CT molecular complexity index is 732. The molecule has 0 saturated heterocycles. The fraction of sp³-hybridized carbons (Fsp3) is 0.286. The average molecular weight is 289 g/mol. The summed E-state index contributed by atoms with van der Waals surface area (Å²) >= 11 is 0. The van der Waals surface area contributed by atoms with Crippen molar-refractivity contribution < 1.29 is 10.8 Å². The van der Waals surface area contributed by atoms with Crippen molar-refractivity contribution in [3.63, 3.8) is 0 Å². The van der Waals surface area contributed by atoms with Crippen LogP contribution < -0.4 is 10.1 Å². The van der Waals surface area contributed by atoms with Gasteiger partial charge in [-0.2, -0.15) is 9.97 Å². The largest absolute Gasteiger partial charge is 0.478 e. The summed E-state index contributed by atoms with van der Waals surface area (Å²) < 4.78 is 9.76. The molecule has 0 bridgehead atoms. The highest BCUT2D eigenvalue weighted by Gasteiger charge is 2.13. The Morgan fingerprint density at radius 3 is 2.52 bits per heavy atom. The number of aromatic nitrogens is 4. The lowest BCUT2D eigenvalue weighted by Gasteiger charge is -2.08. The first-order valence-corrected chi connectivity index (χ1v) is 6.64. The SMILES string of the molecule is CC.COc1nc2nonc2nc1Nc1cccc(C)c1.[HH]. The summed E-state index contributed by atoms with van der Waals surface area (Å²) in [6, 6.07) is 7.89. The van der Waals surface area contributed by atoms with E-state index < -0.39 is 0 Å². The second-order valence-corrected chi connectivity index (χ2v) is 3.99. The molecule has 0 spiro atoms. The Labute approximate surface area is 123 Å². The van der Waals surface area contributed by atoms with Crippen LogP contribution in [0.25, 0.3) is 11.3 Å². The molecule has 2 aromatic heterocycles. The van der Waals surface area contributed by atoms with Gasteiger partial charge in [-0.15, -0.1) is 0 Å². The van der Waals surface area contributed by atoms with Gasteiger partial charge in [-0.25, -0.2) is 4.63 Å². The summed E-state index contributed by atoms with van der Waals surface area (Å²) in [5.74, 6) is 0.806. The molecule has 3 rings (SSSR count). The van der Waals surface area contributed by atoms with Crippen LogP contribution in [-0.2, 0) is 0 Å². The zero-order chi connectivity index (χ0) is 15.2. The molecule has 0 atom stereocenters. The molecule has 0 unspecified atom stereocenters. The molecule has 2 heterocycles. The summed E-state index contributed by atoms with van der Waals surface area (Å²) in [7, 11) is 1.52. The molecule has 0 aliphatic heterocycles. The van der Waals surface area contributed by atoms with E-state index in [-0.39, 0.29) is 1.43 Å². The molecule has 1 N–H and O–H groups in total. The van der Waals surface area contributed by atoms with Crippen LogP contribution in [0.4, 0.5) is 11.5 Å². The van der Waals surface area contributed by atoms with E-state index in [1.165, 1.54) is 7.11 Å². The van der Waals surface area contributed by atoms with Gasteiger partial charge in [0.15, 0.2) is 5.82 Å². The maximum atomic E-state index is 5.18. The summed E-state index contributed by atoms with van der Waals surface area (Å²) in [5, 5.41) is 10.4. The van der Waals surface area contributed by atoms with Gasteiger partial charge in [0.2, 0.25) is 11.3 Å². The Morgan fingerprint density at radius 1 is 1.14 bits per heavy atom. The van der Waals surface area contributed by atoms with Gasteiger partial charge < -0.3 is 10.1 Å². The van der Waals surface area contributed by atoms with Gasteiger partial charge in [0.05, 0.1) is 7.11 Å². The molecule has 3 aromatic rings. The number of anilines is 2. The van der Waals surface area contributed by atoms with Crippen molar-refractivity contribution in [2.75, 3.05) is 12.4 Å². The molecule has 1 aromatic carbocycles. The number of hydrogen-bond donors (Lipinski definition) is 1. The molecule has 0 aliphatic rings. The number of fused-ring (bicyclic) bond motifs is 1. The maximum Gasteiger partial charge on any atom is 0.259 e. The number of rotatable bonds is 3. The second-order valence-electron chi connectivity index (χ2n) is 3.99. The molecule has 0 aliphatic carbocycles. The zero-order valence-corrected chi connectivity index (χ0v) is 12.4. The third-order valence-corrected chi connectivity index (χ3v) is 2.56. The minimum atomic E-state index is 0. The van der Waals surface area contributed by atoms with E-state index in [0.717, 1.165) is 11.3 Å². The molecule has 21 heavy (non-hydrogen) atoms. The quantitative estimate of drug-likeness (QED) is 0.791. The summed E-state index contributed by atoms with van der Waals surface area (Å²) in [6.45, 7) is 6.01. The predicted molar refractivity (Wildman–Crippen MR) is 81.9 cm³/mol. The number of methoxy groups -OCH3 is 1. The van der Waals surface area contributed by atoms with Crippen molar-refractivity contribution >= 4 is 22.8 Å². The van der Waals surface area contributed by atoms with Gasteiger partial charge in [0, 0.05) is 7.11 Å². The zero-order valence-electron chi connectivity index (χ0n) is 12.4. The molecule has 0 saturated carbocycles. The molecule has 7 heteroatoms. The fourth-order valence-electron chi connectivity index (χ4n) is 1.71. The lowest BCUT2D eigenvalue weighted by molar-refractivity contribution is 0.313. The standard InChI is InChI=1S/C12H11N5O2.C2H6.H2/c1-7-4-3-5-8(6-7)13-11-12(18-2)15-10-9(14-11)16-19-17-10;1-2;/h3-6H,1-2H3,(H,13,14,16);1-2H3;1H. The smallest absolute Gasteiger partial charge is 0.259 e. The van der Waals surface area contributed by atoms with Gasteiger partial charge in [0.1, 0.15) is 0 Å². The molecule has 7 nitrogen and oxygen atoms in total. The first kappa shape index (κ1) is 14.7. The van der Waals surface area contributed by atoms with Crippen LogP contribution in [-0.4, -0.2) is 27.4 Å². The third kappa shape index (κ3) is 3.25. The summed E-state index contributed by atoms with van der Waals surface area (Å²) in [5.41, 5.74) is 2.67. The number of hydrogen-bond acceptors (Lipinski definition) is 7. The lowest BCUT2D eigenvalue weighted by atomic mass is 10.2. The van der Waals surface area contributed by atoms with Crippen molar-refractivity contribution in [3.05, 3.63) is 29.8 Å². The highest BCUT2D eigenvalue weighted by molar-refractivity contribution is 5.71. The van der Waals surface area contributed by atoms with Crippen molar-refractivity contribution in [1.82, 2.24) is 20.3 Å². The van der Waals surface area contributed by atoms with E-state index in [0.29, 0.717) is 23.0 Å². The van der Waals surface area contributed by atoms with Crippen LogP contribution >= 0.6 is 0 Å². The second kappa shape index (κ2) is 6.65. The summed E-state index contributed by atoms with van der Waals surface area (Å²) in [4.78, 5) is 8.42. The third-order valence-electron chi connectivity index (χ3n) is 2.56. The molecular weight excluding hydrogens is 270 g/mol. The van der Waals surface area contributed by atoms with Gasteiger partial charge in [-0.05, 0) is 34.9 Å². The fourth-order valence-corrected chi connectivity index (χ4v) is 1.71. The first-order chi connectivity index (χ1) is 10.3.